The van der Waals surface area contributed by atoms with Gasteiger partial charge in [0.05, 0.1) is 0 Å². The number of benzene rings is 1. The topological polar surface area (TPSA) is 55.1 Å². The summed E-state index contributed by atoms with van der Waals surface area (Å²) >= 11 is 0. The predicted octanol–water partition coefficient (Wildman–Crippen LogP) is 3.01. The van der Waals surface area contributed by atoms with Crippen molar-refractivity contribution < 1.29 is 4.79 Å². The number of nitrogens with two attached hydrogens (primary N) is 1. The minimum absolute atomic E-state index is 0.000372. The van der Waals surface area contributed by atoms with E-state index >= 15 is 0 Å². The number of carbonyl (C=O) groups excluding carboxylic acids is 1. The van der Waals surface area contributed by atoms with Gasteiger partial charge >= 0.3 is 0 Å². The minimum Gasteiger partial charge on any atom is -0.327 e. The maximum Gasteiger partial charge on any atom is 0.225 e. The maximum absolute atomic E-state index is 11.8. The molecule has 0 fully saturated rings. The van der Waals surface area contributed by atoms with Crippen LogP contribution >= 0.6 is 0 Å². The van der Waals surface area contributed by atoms with Crippen LogP contribution in [0.15, 0.2) is 18.2 Å². The quantitative estimate of drug-likeness (QED) is 0.813. The van der Waals surface area contributed by atoms with Gasteiger partial charge in [-0.3, -0.25) is 4.79 Å². The van der Waals surface area contributed by atoms with E-state index < -0.39 is 0 Å². The Bertz CT molecular complexity index is 401. The van der Waals surface area contributed by atoms with Gasteiger partial charge in [-0.25, -0.2) is 0 Å². The van der Waals surface area contributed by atoms with Gasteiger partial charge in [-0.15, -0.1) is 0 Å². The van der Waals surface area contributed by atoms with Crippen LogP contribution in [0.4, 0.5) is 5.69 Å². The average molecular weight is 248 g/mol. The van der Waals surface area contributed by atoms with Crippen LogP contribution in [0.1, 0.15) is 44.2 Å². The second-order valence-corrected chi connectivity index (χ2v) is 4.80. The van der Waals surface area contributed by atoms with E-state index in [0.29, 0.717) is 6.42 Å². The Morgan fingerprint density at radius 2 is 2.11 bits per heavy atom. The molecular formula is C15H24N2O. The van der Waals surface area contributed by atoms with Crippen LogP contribution in [0.2, 0.25) is 0 Å². The van der Waals surface area contributed by atoms with Crippen molar-refractivity contribution in [1.29, 1.82) is 0 Å². The fraction of sp³-hybridized carbons (Fsp3) is 0.533. The molecule has 18 heavy (non-hydrogen) atoms. The van der Waals surface area contributed by atoms with Crippen molar-refractivity contribution in [3.8, 4) is 0 Å². The van der Waals surface area contributed by atoms with Crippen LogP contribution < -0.4 is 11.1 Å². The fourth-order valence-electron chi connectivity index (χ4n) is 2.09. The van der Waals surface area contributed by atoms with Gasteiger partial charge in [-0.05, 0) is 43.0 Å². The molecule has 0 aromatic heterocycles. The normalized spacial score (nSPS) is 12.2. The molecule has 1 atom stereocenters. The van der Waals surface area contributed by atoms with Gasteiger partial charge in [0, 0.05) is 18.2 Å². The monoisotopic (exact) mass is 248 g/mol. The standard InChI is InChI=1S/C15H24N2O/c1-4-6-13(16)10-15(18)17-14-8-7-12(5-2)11(3)9-14/h7-9,13H,4-6,10,16H2,1-3H3,(H,17,18). The molecule has 1 aromatic rings. The van der Waals surface area contributed by atoms with Crippen LogP contribution in [0.3, 0.4) is 0 Å². The van der Waals surface area contributed by atoms with Crippen molar-refractivity contribution in [2.75, 3.05) is 5.32 Å². The molecule has 0 aliphatic heterocycles. The van der Waals surface area contributed by atoms with E-state index in [2.05, 4.69) is 32.2 Å². The molecule has 3 nitrogen and oxygen atoms in total. The van der Waals surface area contributed by atoms with E-state index in [1.165, 1.54) is 11.1 Å². The Balaban J connectivity index is 2.57. The van der Waals surface area contributed by atoms with Crippen LogP contribution in [0.25, 0.3) is 0 Å². The van der Waals surface area contributed by atoms with Crippen molar-refractivity contribution in [2.45, 2.75) is 52.5 Å². The third kappa shape index (κ3) is 4.49. The van der Waals surface area contributed by atoms with Gasteiger partial charge in [0.1, 0.15) is 0 Å². The first kappa shape index (κ1) is 14.7. The zero-order valence-corrected chi connectivity index (χ0v) is 11.6. The molecule has 0 saturated carbocycles. The molecule has 0 saturated heterocycles. The van der Waals surface area contributed by atoms with Crippen LogP contribution in [0.5, 0.6) is 0 Å². The molecule has 1 rings (SSSR count). The zero-order chi connectivity index (χ0) is 13.5. The second kappa shape index (κ2) is 7.17. The maximum atomic E-state index is 11.8. The van der Waals surface area contributed by atoms with Gasteiger partial charge in [-0.1, -0.05) is 26.3 Å². The minimum atomic E-state index is -0.0361. The highest BCUT2D eigenvalue weighted by atomic mass is 16.1. The van der Waals surface area contributed by atoms with E-state index in [1.54, 1.807) is 0 Å². The molecule has 0 radical (unpaired) electrons. The van der Waals surface area contributed by atoms with E-state index in [0.717, 1.165) is 24.9 Å². The smallest absolute Gasteiger partial charge is 0.225 e. The van der Waals surface area contributed by atoms with Crippen molar-refractivity contribution >= 4 is 11.6 Å². The van der Waals surface area contributed by atoms with Crippen LogP contribution in [-0.2, 0) is 11.2 Å². The summed E-state index contributed by atoms with van der Waals surface area (Å²) in [6.07, 6.45) is 3.31. The number of carbonyl (C=O) groups is 1. The Morgan fingerprint density at radius 1 is 1.39 bits per heavy atom. The summed E-state index contributed by atoms with van der Waals surface area (Å²) in [4.78, 5) is 11.8. The zero-order valence-electron chi connectivity index (χ0n) is 11.6. The number of nitrogens with one attached hydrogen (secondary N) is 1. The summed E-state index contributed by atoms with van der Waals surface area (Å²) in [6.45, 7) is 6.27. The first-order valence-electron chi connectivity index (χ1n) is 6.71. The van der Waals surface area contributed by atoms with Crippen molar-refractivity contribution in [3.63, 3.8) is 0 Å². The molecular weight excluding hydrogens is 224 g/mol. The van der Waals surface area contributed by atoms with Gasteiger partial charge in [0.25, 0.3) is 0 Å². The Hall–Kier alpha value is -1.35. The summed E-state index contributed by atoms with van der Waals surface area (Å²) in [5.41, 5.74) is 9.24. The lowest BCUT2D eigenvalue weighted by Gasteiger charge is -2.12. The molecule has 0 aliphatic carbocycles. The summed E-state index contributed by atoms with van der Waals surface area (Å²) in [5, 5.41) is 2.90. The Labute approximate surface area is 110 Å². The summed E-state index contributed by atoms with van der Waals surface area (Å²) < 4.78 is 0. The summed E-state index contributed by atoms with van der Waals surface area (Å²) in [6, 6.07) is 6.00. The van der Waals surface area contributed by atoms with Gasteiger partial charge in [0.15, 0.2) is 0 Å². The van der Waals surface area contributed by atoms with Crippen molar-refractivity contribution in [2.24, 2.45) is 5.73 Å². The third-order valence-electron chi connectivity index (χ3n) is 3.11. The van der Waals surface area contributed by atoms with E-state index in [-0.39, 0.29) is 11.9 Å². The van der Waals surface area contributed by atoms with Gasteiger partial charge < -0.3 is 11.1 Å². The molecule has 1 aromatic carbocycles. The number of hydrogen-bond donors (Lipinski definition) is 2. The van der Waals surface area contributed by atoms with Gasteiger partial charge in [0.2, 0.25) is 5.91 Å². The third-order valence-corrected chi connectivity index (χ3v) is 3.11. The average Bonchev–Trinajstić information content (AvgIpc) is 2.29. The van der Waals surface area contributed by atoms with Crippen molar-refractivity contribution in [1.82, 2.24) is 0 Å². The van der Waals surface area contributed by atoms with E-state index in [1.807, 2.05) is 12.1 Å². The van der Waals surface area contributed by atoms with Crippen LogP contribution in [0, 0.1) is 6.92 Å². The number of aryl methyl sites for hydroxylation is 2. The highest BCUT2D eigenvalue weighted by Crippen LogP contribution is 2.16. The molecule has 1 unspecified atom stereocenters. The lowest BCUT2D eigenvalue weighted by Crippen LogP contribution is -2.26. The predicted molar refractivity (Wildman–Crippen MR) is 76.7 cm³/mol. The number of anilines is 1. The first-order valence-corrected chi connectivity index (χ1v) is 6.71. The largest absolute Gasteiger partial charge is 0.327 e. The fourth-order valence-corrected chi connectivity index (χ4v) is 2.09. The van der Waals surface area contributed by atoms with E-state index in [9.17, 15) is 4.79 Å². The first-order chi connectivity index (χ1) is 8.56. The summed E-state index contributed by atoms with van der Waals surface area (Å²) in [7, 11) is 0. The Kier molecular flexibility index (Phi) is 5.86. The number of rotatable bonds is 6. The van der Waals surface area contributed by atoms with E-state index in [4.69, 9.17) is 5.73 Å². The highest BCUT2D eigenvalue weighted by molar-refractivity contribution is 5.91. The lowest BCUT2D eigenvalue weighted by molar-refractivity contribution is -0.116. The number of hydrogen-bond acceptors (Lipinski definition) is 2. The molecule has 3 N–H and O–H groups in total. The molecule has 0 bridgehead atoms. The SMILES string of the molecule is CCCC(N)CC(=O)Nc1ccc(CC)c(C)c1. The highest BCUT2D eigenvalue weighted by Gasteiger charge is 2.09. The number of amides is 1. The Morgan fingerprint density at radius 3 is 2.67 bits per heavy atom. The molecule has 0 heterocycles. The molecule has 3 heteroatoms. The van der Waals surface area contributed by atoms with Crippen molar-refractivity contribution in [3.05, 3.63) is 29.3 Å². The van der Waals surface area contributed by atoms with Gasteiger partial charge in [-0.2, -0.15) is 0 Å². The molecule has 0 spiro atoms. The van der Waals surface area contributed by atoms with Crippen LogP contribution in [-0.4, -0.2) is 11.9 Å². The summed E-state index contributed by atoms with van der Waals surface area (Å²) in [5.74, 6) is -0.000372. The molecule has 0 aliphatic rings. The molecule has 1 amide bonds. The molecule has 100 valence electrons. The second-order valence-electron chi connectivity index (χ2n) is 4.80. The lowest BCUT2D eigenvalue weighted by atomic mass is 10.1.